The van der Waals surface area contributed by atoms with Gasteiger partial charge in [-0.05, 0) is 32.6 Å². The fourth-order valence-electron chi connectivity index (χ4n) is 2.96. The van der Waals surface area contributed by atoms with E-state index in [9.17, 15) is 14.4 Å². The monoisotopic (exact) mass is 325 g/mol. The molecule has 2 fully saturated rings. The number of carbonyl (C=O) groups excluding carboxylic acids is 3. The fourth-order valence-corrected chi connectivity index (χ4v) is 2.96. The Bertz CT molecular complexity index is 443. The van der Waals surface area contributed by atoms with E-state index in [0.29, 0.717) is 32.8 Å². The summed E-state index contributed by atoms with van der Waals surface area (Å²) in [4.78, 5) is 38.7. The van der Waals surface area contributed by atoms with Crippen molar-refractivity contribution in [2.45, 2.75) is 45.6 Å². The number of rotatable bonds is 6. The number of nitrogens with one attached hydrogen (secondary N) is 1. The molecule has 1 saturated heterocycles. The van der Waals surface area contributed by atoms with Gasteiger partial charge in [-0.1, -0.05) is 0 Å². The molecule has 1 saturated carbocycles. The largest absolute Gasteiger partial charge is 0.450 e. The Morgan fingerprint density at radius 3 is 2.35 bits per heavy atom. The molecule has 2 aliphatic rings. The minimum Gasteiger partial charge on any atom is -0.450 e. The van der Waals surface area contributed by atoms with Gasteiger partial charge in [0.15, 0.2) is 0 Å². The molecule has 1 aliphatic heterocycles. The van der Waals surface area contributed by atoms with Gasteiger partial charge in [0, 0.05) is 45.1 Å². The number of piperidine rings is 1. The molecule has 0 aromatic rings. The molecule has 1 N–H and O–H groups in total. The van der Waals surface area contributed by atoms with Crippen LogP contribution < -0.4 is 5.32 Å². The Morgan fingerprint density at radius 2 is 1.83 bits per heavy atom. The first-order chi connectivity index (χ1) is 11.0. The first-order valence-electron chi connectivity index (χ1n) is 8.49. The highest BCUT2D eigenvalue weighted by Gasteiger charge is 2.31. The van der Waals surface area contributed by atoms with Crippen LogP contribution in [0.2, 0.25) is 0 Å². The van der Waals surface area contributed by atoms with Gasteiger partial charge >= 0.3 is 6.09 Å². The van der Waals surface area contributed by atoms with Crippen LogP contribution in [0.25, 0.3) is 0 Å². The molecular formula is C16H27N3O4. The van der Waals surface area contributed by atoms with E-state index in [2.05, 4.69) is 5.32 Å². The Kier molecular flexibility index (Phi) is 6.24. The summed E-state index contributed by atoms with van der Waals surface area (Å²) < 4.78 is 5.00. The maximum absolute atomic E-state index is 11.9. The SMILES string of the molecule is CCOC(=O)N1CCC(N(CCNC(=O)C2CC2)C(C)=O)CC1. The molecule has 0 aromatic heterocycles. The van der Waals surface area contributed by atoms with Crippen molar-refractivity contribution < 1.29 is 19.1 Å². The molecular weight excluding hydrogens is 298 g/mol. The van der Waals surface area contributed by atoms with Crippen molar-refractivity contribution in [1.29, 1.82) is 0 Å². The third kappa shape index (κ3) is 5.11. The number of hydrogen-bond donors (Lipinski definition) is 1. The molecule has 7 heteroatoms. The van der Waals surface area contributed by atoms with Crippen LogP contribution in [0, 0.1) is 5.92 Å². The zero-order valence-corrected chi connectivity index (χ0v) is 14.0. The van der Waals surface area contributed by atoms with Crippen LogP contribution in [0.15, 0.2) is 0 Å². The molecule has 23 heavy (non-hydrogen) atoms. The molecule has 0 unspecified atom stereocenters. The maximum Gasteiger partial charge on any atom is 0.409 e. The van der Waals surface area contributed by atoms with Crippen molar-refractivity contribution >= 4 is 17.9 Å². The third-order valence-electron chi connectivity index (χ3n) is 4.44. The molecule has 0 bridgehead atoms. The molecule has 130 valence electrons. The molecule has 2 rings (SSSR count). The van der Waals surface area contributed by atoms with Crippen LogP contribution >= 0.6 is 0 Å². The van der Waals surface area contributed by atoms with Crippen LogP contribution in [-0.2, 0) is 14.3 Å². The summed E-state index contributed by atoms with van der Waals surface area (Å²) >= 11 is 0. The second-order valence-corrected chi connectivity index (χ2v) is 6.19. The van der Waals surface area contributed by atoms with Crippen molar-refractivity contribution in [2.24, 2.45) is 5.92 Å². The van der Waals surface area contributed by atoms with Gasteiger partial charge in [-0.2, -0.15) is 0 Å². The highest BCUT2D eigenvalue weighted by Crippen LogP contribution is 2.28. The van der Waals surface area contributed by atoms with Crippen molar-refractivity contribution in [1.82, 2.24) is 15.1 Å². The van der Waals surface area contributed by atoms with Gasteiger partial charge in [0.2, 0.25) is 11.8 Å². The summed E-state index contributed by atoms with van der Waals surface area (Å²) in [6.45, 7) is 5.94. The van der Waals surface area contributed by atoms with E-state index in [1.165, 1.54) is 0 Å². The smallest absolute Gasteiger partial charge is 0.409 e. The van der Waals surface area contributed by atoms with Crippen molar-refractivity contribution in [3.05, 3.63) is 0 Å². The second kappa shape index (κ2) is 8.17. The Morgan fingerprint density at radius 1 is 1.17 bits per heavy atom. The van der Waals surface area contributed by atoms with Crippen molar-refractivity contribution in [3.63, 3.8) is 0 Å². The molecule has 0 spiro atoms. The van der Waals surface area contributed by atoms with Gasteiger partial charge in [-0.3, -0.25) is 9.59 Å². The molecule has 3 amide bonds. The van der Waals surface area contributed by atoms with Gasteiger partial charge in [0.25, 0.3) is 0 Å². The summed E-state index contributed by atoms with van der Waals surface area (Å²) in [5.41, 5.74) is 0. The summed E-state index contributed by atoms with van der Waals surface area (Å²) in [6, 6.07) is 0.121. The first-order valence-corrected chi connectivity index (χ1v) is 8.49. The number of hydrogen-bond acceptors (Lipinski definition) is 4. The van der Waals surface area contributed by atoms with Gasteiger partial charge in [0.1, 0.15) is 0 Å². The summed E-state index contributed by atoms with van der Waals surface area (Å²) in [5, 5.41) is 2.90. The predicted octanol–water partition coefficient (Wildman–Crippen LogP) is 0.982. The first kappa shape index (κ1) is 17.6. The Balaban J connectivity index is 1.76. The van der Waals surface area contributed by atoms with Crippen molar-refractivity contribution in [3.8, 4) is 0 Å². The van der Waals surface area contributed by atoms with Gasteiger partial charge in [-0.15, -0.1) is 0 Å². The average Bonchev–Trinajstić information content (AvgIpc) is 3.36. The number of amides is 3. The standard InChI is InChI=1S/C16H27N3O4/c1-3-23-16(22)18-9-6-14(7-10-18)19(12(2)20)11-8-17-15(21)13-4-5-13/h13-14H,3-11H2,1-2H3,(H,17,21). The predicted molar refractivity (Wildman–Crippen MR) is 84.7 cm³/mol. The average molecular weight is 325 g/mol. The van der Waals surface area contributed by atoms with E-state index < -0.39 is 0 Å². The van der Waals surface area contributed by atoms with E-state index in [1.54, 1.807) is 18.7 Å². The molecule has 0 atom stereocenters. The summed E-state index contributed by atoms with van der Waals surface area (Å²) in [6.07, 6.45) is 3.17. The highest BCUT2D eigenvalue weighted by atomic mass is 16.6. The van der Waals surface area contributed by atoms with E-state index in [4.69, 9.17) is 4.74 Å². The number of carbonyl (C=O) groups is 3. The lowest BCUT2D eigenvalue weighted by Gasteiger charge is -2.37. The molecule has 0 radical (unpaired) electrons. The lowest BCUT2D eigenvalue weighted by molar-refractivity contribution is -0.132. The van der Waals surface area contributed by atoms with Gasteiger partial charge < -0.3 is 19.9 Å². The molecule has 1 aliphatic carbocycles. The van der Waals surface area contributed by atoms with E-state index in [-0.39, 0.29) is 29.9 Å². The van der Waals surface area contributed by atoms with Crippen LogP contribution in [0.5, 0.6) is 0 Å². The fraction of sp³-hybridized carbons (Fsp3) is 0.812. The van der Waals surface area contributed by atoms with Crippen LogP contribution in [0.3, 0.4) is 0 Å². The Hall–Kier alpha value is -1.79. The number of nitrogens with zero attached hydrogens (tertiary/aromatic N) is 2. The quantitative estimate of drug-likeness (QED) is 0.789. The van der Waals surface area contributed by atoms with Crippen LogP contribution in [0.1, 0.15) is 39.5 Å². The highest BCUT2D eigenvalue weighted by molar-refractivity contribution is 5.80. The van der Waals surface area contributed by atoms with Gasteiger partial charge in [-0.25, -0.2) is 4.79 Å². The number of ether oxygens (including phenoxy) is 1. The maximum atomic E-state index is 11.9. The lowest BCUT2D eigenvalue weighted by Crippen LogP contribution is -2.50. The zero-order chi connectivity index (χ0) is 16.8. The zero-order valence-electron chi connectivity index (χ0n) is 14.0. The Labute approximate surface area is 137 Å². The third-order valence-corrected chi connectivity index (χ3v) is 4.44. The molecule has 1 heterocycles. The topological polar surface area (TPSA) is 79.0 Å². The minimum atomic E-state index is -0.281. The van der Waals surface area contributed by atoms with Gasteiger partial charge in [0.05, 0.1) is 6.61 Å². The number of likely N-dealkylation sites (tertiary alicyclic amines) is 1. The lowest BCUT2D eigenvalue weighted by atomic mass is 10.0. The normalized spacial score (nSPS) is 18.4. The van der Waals surface area contributed by atoms with E-state index in [0.717, 1.165) is 25.7 Å². The minimum absolute atomic E-state index is 0.0141. The summed E-state index contributed by atoms with van der Waals surface area (Å²) in [7, 11) is 0. The summed E-state index contributed by atoms with van der Waals surface area (Å²) in [5.74, 6) is 0.305. The van der Waals surface area contributed by atoms with E-state index >= 15 is 0 Å². The second-order valence-electron chi connectivity index (χ2n) is 6.19. The van der Waals surface area contributed by atoms with Crippen LogP contribution in [-0.4, -0.2) is 66.5 Å². The van der Waals surface area contributed by atoms with E-state index in [1.807, 2.05) is 4.90 Å². The molecule has 0 aromatic carbocycles. The molecule has 7 nitrogen and oxygen atoms in total. The van der Waals surface area contributed by atoms with Crippen molar-refractivity contribution in [2.75, 3.05) is 32.8 Å². The van der Waals surface area contributed by atoms with Crippen LogP contribution in [0.4, 0.5) is 4.79 Å².